The van der Waals surface area contributed by atoms with Gasteiger partial charge >= 0.3 is 0 Å². The van der Waals surface area contributed by atoms with E-state index in [2.05, 4.69) is 337 Å². The Hall–Kier alpha value is -12.0. The van der Waals surface area contributed by atoms with Gasteiger partial charge in [-0.1, -0.05) is 261 Å². The van der Waals surface area contributed by atoms with Crippen molar-refractivity contribution < 1.29 is 4.42 Å². The molecule has 3 nitrogen and oxygen atoms in total. The molecule has 0 saturated heterocycles. The monoisotopic (exact) mass is 1150 g/mol. The molecule has 91 heavy (non-hydrogen) atoms. The highest BCUT2D eigenvalue weighted by molar-refractivity contribution is 6.27. The standard InChI is InChI=1S/C88H54N2O/c1-5-22-55(23-6-1)59-41-46-78-74(50-59)75-51-60(56-24-7-2-8-25-56)42-47-79(75)89(78)87-68-34-17-13-30-64(68)84(65-31-14-18-35-69(65)87)63-40-45-72-83(54-63)91-82-39-21-38-73(86(72)82)85-66-32-15-19-36-70(66)88(71-37-20-16-33-67(71)85)90-80-48-43-61(57-26-9-3-10-27-57)52-76(80)77-53-62(44-49-81(77)90)58-28-11-4-12-29-58/h1-54H. The molecular weight excluding hydrogens is 1100 g/mol. The third-order valence-electron chi connectivity index (χ3n) is 19.3. The second-order valence-corrected chi connectivity index (χ2v) is 24.2. The first kappa shape index (κ1) is 51.0. The third kappa shape index (κ3) is 7.88. The lowest BCUT2D eigenvalue weighted by Gasteiger charge is -2.20. The van der Waals surface area contributed by atoms with Crippen LogP contribution in [0.3, 0.4) is 0 Å². The van der Waals surface area contributed by atoms with Crippen molar-refractivity contribution in [3.8, 4) is 78.1 Å². The Balaban J connectivity index is 0.801. The van der Waals surface area contributed by atoms with Crippen LogP contribution in [0.5, 0.6) is 0 Å². The Kier molecular flexibility index (Phi) is 11.4. The van der Waals surface area contributed by atoms with Crippen LogP contribution in [-0.2, 0) is 0 Å². The predicted octanol–water partition coefficient (Wildman–Crippen LogP) is 24.4. The molecule has 19 rings (SSSR count). The van der Waals surface area contributed by atoms with E-state index in [1.165, 1.54) is 154 Å². The molecule has 0 bridgehead atoms. The minimum absolute atomic E-state index is 0.850. The van der Waals surface area contributed by atoms with Crippen LogP contribution in [0.2, 0.25) is 0 Å². The summed E-state index contributed by atoms with van der Waals surface area (Å²) in [5.41, 5.74) is 22.9. The Morgan fingerprint density at radius 2 is 0.505 bits per heavy atom. The SMILES string of the molecule is c1ccc(-c2ccc3c(c2)c2cc(-c4ccccc4)ccc2n3-c2c3ccccc3c(-c3ccc4c(c3)oc3cccc(-c5c6ccccc6c(-n6c7ccc(-c8ccccc8)cc7c7cc(-c8ccccc8)ccc76)c6ccccc56)c34)c3ccccc23)cc1. The lowest BCUT2D eigenvalue weighted by atomic mass is 9.88. The summed E-state index contributed by atoms with van der Waals surface area (Å²) in [6.07, 6.45) is 0. The number of furan rings is 1. The molecule has 0 fully saturated rings. The Morgan fingerprint density at radius 1 is 0.187 bits per heavy atom. The van der Waals surface area contributed by atoms with Crippen LogP contribution in [0, 0.1) is 0 Å². The van der Waals surface area contributed by atoms with Gasteiger partial charge in [0.05, 0.1) is 33.4 Å². The van der Waals surface area contributed by atoms with Crippen molar-refractivity contribution in [3.05, 3.63) is 328 Å². The zero-order valence-electron chi connectivity index (χ0n) is 49.5. The molecule has 0 amide bonds. The summed E-state index contributed by atoms with van der Waals surface area (Å²) in [6.45, 7) is 0. The minimum Gasteiger partial charge on any atom is -0.456 e. The molecule has 0 radical (unpaired) electrons. The fourth-order valence-electron chi connectivity index (χ4n) is 15.3. The summed E-state index contributed by atoms with van der Waals surface area (Å²) >= 11 is 0. The highest BCUT2D eigenvalue weighted by atomic mass is 16.3. The third-order valence-corrected chi connectivity index (χ3v) is 19.3. The zero-order valence-corrected chi connectivity index (χ0v) is 49.5. The van der Waals surface area contributed by atoms with Crippen molar-refractivity contribution in [1.29, 1.82) is 0 Å². The lowest BCUT2D eigenvalue weighted by Crippen LogP contribution is -1.99. The molecule has 422 valence electrons. The first-order valence-corrected chi connectivity index (χ1v) is 31.4. The second-order valence-electron chi connectivity index (χ2n) is 24.2. The van der Waals surface area contributed by atoms with E-state index in [0.29, 0.717) is 0 Å². The second kappa shape index (κ2) is 20.3. The Bertz CT molecular complexity index is 5860. The summed E-state index contributed by atoms with van der Waals surface area (Å²) in [5, 5.41) is 16.5. The Morgan fingerprint density at radius 3 is 0.868 bits per heavy atom. The largest absolute Gasteiger partial charge is 0.456 e. The zero-order chi connectivity index (χ0) is 59.7. The van der Waals surface area contributed by atoms with E-state index in [-0.39, 0.29) is 0 Å². The maximum Gasteiger partial charge on any atom is 0.136 e. The topological polar surface area (TPSA) is 23.0 Å². The molecule has 0 saturated carbocycles. The highest BCUT2D eigenvalue weighted by Crippen LogP contribution is 2.50. The van der Waals surface area contributed by atoms with Crippen molar-refractivity contribution in [2.45, 2.75) is 0 Å². The molecule has 0 spiro atoms. The number of hydrogen-bond acceptors (Lipinski definition) is 1. The smallest absolute Gasteiger partial charge is 0.136 e. The number of hydrogen-bond donors (Lipinski definition) is 0. The van der Waals surface area contributed by atoms with Gasteiger partial charge in [-0.05, 0) is 155 Å². The quantitative estimate of drug-likeness (QED) is 0.139. The van der Waals surface area contributed by atoms with Crippen LogP contribution < -0.4 is 0 Å². The van der Waals surface area contributed by atoms with Crippen LogP contribution in [0.4, 0.5) is 0 Å². The normalized spacial score (nSPS) is 12.0. The van der Waals surface area contributed by atoms with E-state index in [4.69, 9.17) is 4.42 Å². The van der Waals surface area contributed by atoms with Crippen LogP contribution in [0.15, 0.2) is 332 Å². The van der Waals surface area contributed by atoms with Crippen LogP contribution in [-0.4, -0.2) is 9.13 Å². The molecule has 0 N–H and O–H groups in total. The van der Waals surface area contributed by atoms with E-state index in [1.807, 2.05) is 0 Å². The van der Waals surface area contributed by atoms with Gasteiger partial charge in [-0.15, -0.1) is 0 Å². The number of aromatic nitrogens is 2. The maximum absolute atomic E-state index is 7.14. The fourth-order valence-corrected chi connectivity index (χ4v) is 15.3. The van der Waals surface area contributed by atoms with Crippen LogP contribution >= 0.6 is 0 Å². The lowest BCUT2D eigenvalue weighted by molar-refractivity contribution is 0.669. The Labute approximate surface area is 524 Å². The van der Waals surface area contributed by atoms with Crippen LogP contribution in [0.1, 0.15) is 0 Å². The molecule has 3 heterocycles. The summed E-state index contributed by atoms with van der Waals surface area (Å²) < 4.78 is 12.2. The van der Waals surface area contributed by atoms with E-state index >= 15 is 0 Å². The summed E-state index contributed by atoms with van der Waals surface area (Å²) in [5.74, 6) is 0. The minimum atomic E-state index is 0.850. The van der Waals surface area contributed by atoms with Crippen molar-refractivity contribution in [2.75, 3.05) is 0 Å². The predicted molar refractivity (Wildman–Crippen MR) is 385 cm³/mol. The van der Waals surface area contributed by atoms with Crippen molar-refractivity contribution in [2.24, 2.45) is 0 Å². The van der Waals surface area contributed by atoms with Gasteiger partial charge in [0.1, 0.15) is 11.2 Å². The van der Waals surface area contributed by atoms with E-state index in [1.54, 1.807) is 0 Å². The molecular formula is C88H54N2O. The fraction of sp³-hybridized carbons (Fsp3) is 0. The van der Waals surface area contributed by atoms with E-state index in [9.17, 15) is 0 Å². The molecule has 0 atom stereocenters. The van der Waals surface area contributed by atoms with Gasteiger partial charge in [0.2, 0.25) is 0 Å². The molecule has 0 unspecified atom stereocenters. The van der Waals surface area contributed by atoms with Crippen LogP contribution in [0.25, 0.3) is 187 Å². The molecule has 0 aliphatic heterocycles. The molecule has 3 heteroatoms. The average molecular weight is 1160 g/mol. The summed E-state index contributed by atoms with van der Waals surface area (Å²) in [4.78, 5) is 0. The number of benzene rings is 16. The number of nitrogens with zero attached hydrogens (tertiary/aromatic N) is 2. The van der Waals surface area contributed by atoms with Crippen molar-refractivity contribution in [3.63, 3.8) is 0 Å². The number of rotatable bonds is 8. The molecule has 3 aromatic heterocycles. The highest BCUT2D eigenvalue weighted by Gasteiger charge is 2.26. The summed E-state index contributed by atoms with van der Waals surface area (Å²) in [7, 11) is 0. The van der Waals surface area contributed by atoms with Gasteiger partial charge in [-0.3, -0.25) is 0 Å². The summed E-state index contributed by atoms with van der Waals surface area (Å²) in [6, 6.07) is 121. The van der Waals surface area contributed by atoms with Gasteiger partial charge in [0.25, 0.3) is 0 Å². The van der Waals surface area contributed by atoms with Gasteiger partial charge in [0.15, 0.2) is 0 Å². The van der Waals surface area contributed by atoms with E-state index < -0.39 is 0 Å². The molecule has 0 aliphatic rings. The molecule has 19 aromatic rings. The van der Waals surface area contributed by atoms with Gasteiger partial charge in [0, 0.05) is 53.9 Å². The first-order valence-electron chi connectivity index (χ1n) is 31.4. The maximum atomic E-state index is 7.14. The van der Waals surface area contributed by atoms with Gasteiger partial charge in [-0.2, -0.15) is 0 Å². The van der Waals surface area contributed by atoms with Crippen molar-refractivity contribution in [1.82, 2.24) is 9.13 Å². The number of fused-ring (bicyclic) bond motifs is 13. The molecule has 0 aliphatic carbocycles. The van der Waals surface area contributed by atoms with E-state index in [0.717, 1.165) is 33.1 Å². The van der Waals surface area contributed by atoms with Gasteiger partial charge < -0.3 is 13.6 Å². The first-order chi connectivity index (χ1) is 45.2. The average Bonchev–Trinajstić information content (AvgIpc) is 1.75. The van der Waals surface area contributed by atoms with Gasteiger partial charge in [-0.25, -0.2) is 0 Å². The van der Waals surface area contributed by atoms with Crippen molar-refractivity contribution >= 4 is 109 Å². The molecule has 16 aromatic carbocycles.